The van der Waals surface area contributed by atoms with Crippen molar-refractivity contribution < 1.29 is 32.3 Å². The third-order valence-electron chi connectivity index (χ3n) is 5.56. The van der Waals surface area contributed by atoms with Gasteiger partial charge in [-0.1, -0.05) is 30.3 Å². The topological polar surface area (TPSA) is 182 Å². The summed E-state index contributed by atoms with van der Waals surface area (Å²) in [6, 6.07) is 11.8. The van der Waals surface area contributed by atoms with Crippen molar-refractivity contribution in [3.63, 3.8) is 0 Å². The number of carbonyl (C=O) groups excluding carboxylic acids is 3. The zero-order chi connectivity index (χ0) is 27.0. The van der Waals surface area contributed by atoms with Crippen molar-refractivity contribution in [3.8, 4) is 11.9 Å². The third kappa shape index (κ3) is 7.40. The van der Waals surface area contributed by atoms with Gasteiger partial charge in [-0.2, -0.15) is 10.2 Å². The zero-order valence-electron chi connectivity index (χ0n) is 20.2. The van der Waals surface area contributed by atoms with Crippen LogP contribution in [0.25, 0.3) is 0 Å². The average molecular weight is 530 g/mol. The number of benzene rings is 1. The maximum Gasteiger partial charge on any atom is 0.343 e. The van der Waals surface area contributed by atoms with E-state index >= 15 is 0 Å². The molecule has 1 aliphatic rings. The normalized spacial score (nSPS) is 13.9. The van der Waals surface area contributed by atoms with Crippen LogP contribution in [-0.2, 0) is 30.1 Å². The minimum Gasteiger partial charge on any atom is -0.467 e. The number of carbonyl (C=O) groups is 3. The lowest BCUT2D eigenvalue weighted by Gasteiger charge is -2.32. The molecule has 1 saturated heterocycles. The van der Waals surface area contributed by atoms with Crippen molar-refractivity contribution in [1.29, 1.82) is 5.26 Å². The molecule has 12 nitrogen and oxygen atoms in total. The second kappa shape index (κ2) is 12.2. The van der Waals surface area contributed by atoms with Crippen LogP contribution in [0, 0.1) is 17.2 Å². The zero-order valence-corrected chi connectivity index (χ0v) is 21.0. The highest BCUT2D eigenvalue weighted by Crippen LogP contribution is 2.30. The second-order valence-electron chi connectivity index (χ2n) is 8.27. The molecule has 2 amide bonds. The highest BCUT2D eigenvalue weighted by molar-refractivity contribution is 7.89. The van der Waals surface area contributed by atoms with Gasteiger partial charge in [-0.3, -0.25) is 14.3 Å². The predicted octanol–water partition coefficient (Wildman–Crippen LogP) is 0.857. The number of rotatable bonds is 10. The molecule has 3 rings (SSSR count). The van der Waals surface area contributed by atoms with Crippen LogP contribution in [0.5, 0.6) is 5.88 Å². The van der Waals surface area contributed by atoms with Gasteiger partial charge in [-0.15, -0.1) is 0 Å². The Morgan fingerprint density at radius 3 is 2.49 bits per heavy atom. The summed E-state index contributed by atoms with van der Waals surface area (Å²) in [5.41, 5.74) is 5.65. The van der Waals surface area contributed by atoms with E-state index in [1.807, 2.05) is 6.07 Å². The minimum absolute atomic E-state index is 0.0721. The first-order valence-corrected chi connectivity index (χ1v) is 13.1. The Kier molecular flexibility index (Phi) is 9.02. The fourth-order valence-electron chi connectivity index (χ4n) is 3.83. The molecule has 1 aromatic carbocycles. The van der Waals surface area contributed by atoms with E-state index in [-0.39, 0.29) is 48.3 Å². The number of anilines is 1. The molecule has 1 aromatic heterocycles. The molecule has 0 atom stereocenters. The van der Waals surface area contributed by atoms with E-state index in [1.54, 1.807) is 42.2 Å². The molecule has 1 fully saturated rings. The molecule has 0 spiro atoms. The molecule has 3 N–H and O–H groups in total. The predicted molar refractivity (Wildman–Crippen MR) is 132 cm³/mol. The van der Waals surface area contributed by atoms with Gasteiger partial charge in [0, 0.05) is 19.0 Å². The van der Waals surface area contributed by atoms with Crippen LogP contribution < -0.4 is 20.1 Å². The van der Waals surface area contributed by atoms with E-state index in [0.29, 0.717) is 18.4 Å². The fourth-order valence-corrected chi connectivity index (χ4v) is 5.01. The quantitative estimate of drug-likeness (QED) is 0.419. The number of hydrogen-bond donors (Lipinski definition) is 2. The first-order valence-electron chi connectivity index (χ1n) is 11.5. The molecule has 0 aliphatic carbocycles. The van der Waals surface area contributed by atoms with Crippen LogP contribution in [0.2, 0.25) is 0 Å². The van der Waals surface area contributed by atoms with Crippen LogP contribution in [0.15, 0.2) is 36.4 Å². The number of nitrogens with one attached hydrogen (secondary N) is 1. The largest absolute Gasteiger partial charge is 0.467 e. The Bertz CT molecular complexity index is 1300. The highest BCUT2D eigenvalue weighted by Gasteiger charge is 2.30. The fraction of sp³-hybridized carbons (Fsp3) is 0.375. The summed E-state index contributed by atoms with van der Waals surface area (Å²) in [6.45, 7) is 1.72. The average Bonchev–Trinajstić information content (AvgIpc) is 2.87. The second-order valence-corrected chi connectivity index (χ2v) is 9.99. The molecule has 0 saturated carbocycles. The van der Waals surface area contributed by atoms with Crippen molar-refractivity contribution in [1.82, 2.24) is 9.71 Å². The van der Waals surface area contributed by atoms with Crippen molar-refractivity contribution in [2.24, 2.45) is 11.7 Å². The van der Waals surface area contributed by atoms with Crippen LogP contribution in [0.4, 0.5) is 5.82 Å². The summed E-state index contributed by atoms with van der Waals surface area (Å²) >= 11 is 0. The van der Waals surface area contributed by atoms with Gasteiger partial charge in [-0.05, 0) is 31.4 Å². The summed E-state index contributed by atoms with van der Waals surface area (Å²) in [6.07, 6.45) is 0.604. The molecule has 0 unspecified atom stereocenters. The number of nitrogens with zero attached hydrogens (tertiary/aromatic N) is 3. The summed E-state index contributed by atoms with van der Waals surface area (Å²) in [4.78, 5) is 42.2. The molecular formula is C24H27N5O7S. The number of amides is 2. The Morgan fingerprint density at radius 2 is 1.89 bits per heavy atom. The lowest BCUT2D eigenvalue weighted by atomic mass is 9.96. The maximum atomic E-state index is 12.7. The summed E-state index contributed by atoms with van der Waals surface area (Å²) < 4.78 is 37.3. The number of primary amides is 1. The molecule has 196 valence electrons. The highest BCUT2D eigenvalue weighted by atomic mass is 32.2. The summed E-state index contributed by atoms with van der Waals surface area (Å²) in [5, 5.41) is 9.67. The van der Waals surface area contributed by atoms with Gasteiger partial charge in [0.1, 0.15) is 11.6 Å². The van der Waals surface area contributed by atoms with Crippen LogP contribution in [-0.4, -0.2) is 57.5 Å². The summed E-state index contributed by atoms with van der Waals surface area (Å²) in [5.74, 6) is -3.02. The Labute approximate surface area is 214 Å². The molecule has 13 heteroatoms. The standard InChI is InChI=1S/C24H27N5O7S/c1-2-35-24(32)19-12-18(13-25)21(27-23(19)36-14-20(26)30)29-10-8-17(9-11-29)22(31)28-37(33,34)15-16-6-4-3-5-7-16/h3-7,12,17H,2,8-11,14-15H2,1H3,(H2,26,30)(H,28,31). The van der Waals surface area contributed by atoms with Gasteiger partial charge < -0.3 is 20.1 Å². The van der Waals surface area contributed by atoms with E-state index < -0.39 is 40.3 Å². The van der Waals surface area contributed by atoms with Crippen LogP contribution in [0.1, 0.15) is 41.3 Å². The Hall–Kier alpha value is -4.18. The van der Waals surface area contributed by atoms with Gasteiger partial charge >= 0.3 is 5.97 Å². The van der Waals surface area contributed by atoms with E-state index in [4.69, 9.17) is 15.2 Å². The van der Waals surface area contributed by atoms with Gasteiger partial charge in [-0.25, -0.2) is 13.2 Å². The molecule has 1 aliphatic heterocycles. The van der Waals surface area contributed by atoms with Gasteiger partial charge in [0.15, 0.2) is 12.4 Å². The smallest absolute Gasteiger partial charge is 0.343 e. The number of nitrogens with two attached hydrogens (primary N) is 1. The van der Waals surface area contributed by atoms with Gasteiger partial charge in [0.05, 0.1) is 17.9 Å². The molecule has 0 bridgehead atoms. The van der Waals surface area contributed by atoms with Crippen LogP contribution >= 0.6 is 0 Å². The number of aromatic nitrogens is 1. The van der Waals surface area contributed by atoms with Crippen molar-refractivity contribution in [2.75, 3.05) is 31.2 Å². The Morgan fingerprint density at radius 1 is 1.22 bits per heavy atom. The number of ether oxygens (including phenoxy) is 2. The Balaban J connectivity index is 1.72. The van der Waals surface area contributed by atoms with Gasteiger partial charge in [0.25, 0.3) is 5.91 Å². The number of pyridine rings is 1. The van der Waals surface area contributed by atoms with Crippen molar-refractivity contribution in [3.05, 3.63) is 53.1 Å². The van der Waals surface area contributed by atoms with E-state index in [0.717, 1.165) is 0 Å². The number of hydrogen-bond acceptors (Lipinski definition) is 10. The number of esters is 1. The van der Waals surface area contributed by atoms with Crippen molar-refractivity contribution in [2.45, 2.75) is 25.5 Å². The third-order valence-corrected chi connectivity index (χ3v) is 6.78. The monoisotopic (exact) mass is 529 g/mol. The van der Waals surface area contributed by atoms with E-state index in [9.17, 15) is 28.1 Å². The van der Waals surface area contributed by atoms with Crippen LogP contribution in [0.3, 0.4) is 0 Å². The summed E-state index contributed by atoms with van der Waals surface area (Å²) in [7, 11) is -3.86. The molecule has 0 radical (unpaired) electrons. The molecule has 37 heavy (non-hydrogen) atoms. The molecular weight excluding hydrogens is 502 g/mol. The number of sulfonamides is 1. The lowest BCUT2D eigenvalue weighted by Crippen LogP contribution is -2.43. The SMILES string of the molecule is CCOC(=O)c1cc(C#N)c(N2CCC(C(=O)NS(=O)(=O)Cc3ccccc3)CC2)nc1OCC(N)=O. The lowest BCUT2D eigenvalue weighted by molar-refractivity contribution is -0.123. The molecule has 2 heterocycles. The minimum atomic E-state index is -3.86. The number of nitriles is 1. The maximum absolute atomic E-state index is 12.7. The van der Waals surface area contributed by atoms with Gasteiger partial charge in [0.2, 0.25) is 21.8 Å². The first kappa shape index (κ1) is 27.4. The first-order chi connectivity index (χ1) is 17.6. The van der Waals surface area contributed by atoms with Crippen molar-refractivity contribution >= 4 is 33.6 Å². The van der Waals surface area contributed by atoms with E-state index in [2.05, 4.69) is 9.71 Å². The van der Waals surface area contributed by atoms with E-state index in [1.165, 1.54) is 6.07 Å². The number of piperidine rings is 1. The molecule has 2 aromatic rings.